The molecule has 0 N–H and O–H groups in total. The largest absolute Gasteiger partial charge is 0.323 e. The second-order valence-corrected chi connectivity index (χ2v) is 2.76. The van der Waals surface area contributed by atoms with Gasteiger partial charge in [-0.15, -0.1) is 0 Å². The van der Waals surface area contributed by atoms with Crippen LogP contribution in [0.1, 0.15) is 13.3 Å². The fourth-order valence-electron chi connectivity index (χ4n) is 1.24. The molecule has 0 aliphatic carbocycles. The molecule has 1 atom stereocenters. The number of hydrogen-bond donors (Lipinski definition) is 0. The Morgan fingerprint density at radius 3 is 2.56 bits per heavy atom. The summed E-state index contributed by atoms with van der Waals surface area (Å²) in [6, 6.07) is 0. The summed E-state index contributed by atoms with van der Waals surface area (Å²) in [5.74, 6) is 0.814. The third-order valence-electron chi connectivity index (χ3n) is 1.68. The smallest absolute Gasteiger partial charge is 0 e. The Bertz CT molecular complexity index is 67.3. The van der Waals surface area contributed by atoms with E-state index in [1.54, 1.807) is 0 Å². The number of piperidine rings is 1. The maximum Gasteiger partial charge on any atom is 0 e. The molecule has 1 fully saturated rings. The Kier molecular flexibility index (Phi) is 4.78. The van der Waals surface area contributed by atoms with Crippen LogP contribution in [0.2, 0.25) is 0 Å². The second-order valence-electron chi connectivity index (χ2n) is 2.76. The van der Waals surface area contributed by atoms with Crippen LogP contribution in [-0.4, -0.2) is 25.0 Å². The van der Waals surface area contributed by atoms with Crippen molar-refractivity contribution in [3.63, 3.8) is 0 Å². The van der Waals surface area contributed by atoms with Crippen LogP contribution < -0.4 is 0 Å². The van der Waals surface area contributed by atoms with Crippen molar-refractivity contribution in [1.82, 2.24) is 4.90 Å². The molecular weight excluding hydrogens is 282 g/mol. The standard InChI is InChI=1S/C7H14N.W/c1-7-4-3-5-8(2)6-7;/h4,7H,3,5-6H2,1-2H3;/q-1;. The van der Waals surface area contributed by atoms with E-state index in [1.807, 2.05) is 0 Å². The molecule has 1 unspecified atom stereocenters. The van der Waals surface area contributed by atoms with Crippen LogP contribution in [0.15, 0.2) is 0 Å². The first-order valence-corrected chi connectivity index (χ1v) is 3.31. The van der Waals surface area contributed by atoms with E-state index in [-0.39, 0.29) is 21.1 Å². The zero-order chi connectivity index (χ0) is 5.98. The third kappa shape index (κ3) is 3.37. The van der Waals surface area contributed by atoms with E-state index in [2.05, 4.69) is 25.3 Å². The molecule has 2 heteroatoms. The summed E-state index contributed by atoms with van der Waals surface area (Å²) in [5.41, 5.74) is 0. The van der Waals surface area contributed by atoms with Gasteiger partial charge in [-0.1, -0.05) is 6.92 Å². The van der Waals surface area contributed by atoms with Gasteiger partial charge in [0.25, 0.3) is 0 Å². The van der Waals surface area contributed by atoms with Gasteiger partial charge in [-0.2, -0.15) is 12.3 Å². The molecule has 1 nitrogen and oxygen atoms in total. The van der Waals surface area contributed by atoms with Crippen molar-refractivity contribution in [3.05, 3.63) is 6.42 Å². The van der Waals surface area contributed by atoms with Crippen molar-refractivity contribution in [2.75, 3.05) is 20.1 Å². The number of nitrogens with zero attached hydrogens (tertiary/aromatic N) is 1. The van der Waals surface area contributed by atoms with E-state index in [1.165, 1.54) is 19.5 Å². The predicted octanol–water partition coefficient (Wildman–Crippen LogP) is 1.16. The third-order valence-corrected chi connectivity index (χ3v) is 1.68. The molecule has 0 aromatic carbocycles. The summed E-state index contributed by atoms with van der Waals surface area (Å²) in [5, 5.41) is 0. The van der Waals surface area contributed by atoms with Crippen molar-refractivity contribution in [2.24, 2.45) is 5.92 Å². The Balaban J connectivity index is 0.000000640. The Morgan fingerprint density at radius 1 is 1.56 bits per heavy atom. The minimum atomic E-state index is 0. The fraction of sp³-hybridized carbons (Fsp3) is 0.857. The molecule has 0 aromatic heterocycles. The van der Waals surface area contributed by atoms with E-state index >= 15 is 0 Å². The molecule has 1 rings (SSSR count). The van der Waals surface area contributed by atoms with E-state index in [0.29, 0.717) is 0 Å². The zero-order valence-electron chi connectivity index (χ0n) is 6.13. The summed E-state index contributed by atoms with van der Waals surface area (Å²) in [7, 11) is 2.18. The number of hydrogen-bond acceptors (Lipinski definition) is 1. The Morgan fingerprint density at radius 2 is 2.22 bits per heavy atom. The first-order valence-electron chi connectivity index (χ1n) is 3.31. The average molecular weight is 296 g/mol. The maximum absolute atomic E-state index is 2.40. The summed E-state index contributed by atoms with van der Waals surface area (Å²) < 4.78 is 0. The molecule has 0 aromatic rings. The quantitative estimate of drug-likeness (QED) is 0.606. The maximum atomic E-state index is 2.40. The Labute approximate surface area is 72.1 Å². The van der Waals surface area contributed by atoms with Crippen LogP contribution in [0.5, 0.6) is 0 Å². The van der Waals surface area contributed by atoms with Gasteiger partial charge in [0.05, 0.1) is 0 Å². The second kappa shape index (κ2) is 4.46. The fourth-order valence-corrected chi connectivity index (χ4v) is 1.24. The van der Waals surface area contributed by atoms with Crippen LogP contribution in [0, 0.1) is 12.3 Å². The minimum absolute atomic E-state index is 0. The molecule has 0 radical (unpaired) electrons. The van der Waals surface area contributed by atoms with Crippen LogP contribution >= 0.6 is 0 Å². The molecule has 0 bridgehead atoms. The van der Waals surface area contributed by atoms with Crippen LogP contribution in [0.25, 0.3) is 0 Å². The van der Waals surface area contributed by atoms with Gasteiger partial charge in [-0.25, -0.2) is 0 Å². The molecule has 1 aliphatic heterocycles. The summed E-state index contributed by atoms with van der Waals surface area (Å²) >= 11 is 0. The van der Waals surface area contributed by atoms with Crippen molar-refractivity contribution < 1.29 is 21.1 Å². The minimum Gasteiger partial charge on any atom is -0.323 e. The van der Waals surface area contributed by atoms with Crippen LogP contribution in [0.4, 0.5) is 0 Å². The van der Waals surface area contributed by atoms with Gasteiger partial charge in [-0.05, 0) is 20.1 Å². The van der Waals surface area contributed by atoms with Crippen molar-refractivity contribution in [1.29, 1.82) is 0 Å². The molecule has 54 valence electrons. The van der Waals surface area contributed by atoms with E-state index in [9.17, 15) is 0 Å². The van der Waals surface area contributed by atoms with Crippen molar-refractivity contribution in [2.45, 2.75) is 13.3 Å². The number of rotatable bonds is 0. The Hall–Kier alpha value is 0.648. The van der Waals surface area contributed by atoms with Crippen molar-refractivity contribution in [3.8, 4) is 0 Å². The SMILES string of the molecule is CC1[CH-]CCN(C)C1.[W]. The van der Waals surface area contributed by atoms with Gasteiger partial charge in [-0.3, -0.25) is 0 Å². The zero-order valence-corrected chi connectivity index (χ0v) is 9.06. The normalized spacial score (nSPS) is 29.3. The average Bonchev–Trinajstić information content (AvgIpc) is 1.64. The molecule has 9 heavy (non-hydrogen) atoms. The van der Waals surface area contributed by atoms with Gasteiger partial charge in [0.15, 0.2) is 0 Å². The molecule has 0 spiro atoms. The van der Waals surface area contributed by atoms with E-state index in [0.717, 1.165) is 5.92 Å². The first-order chi connectivity index (χ1) is 3.79. The number of likely N-dealkylation sites (tertiary alicyclic amines) is 1. The topological polar surface area (TPSA) is 3.24 Å². The molecule has 1 aliphatic rings. The summed E-state index contributed by atoms with van der Waals surface area (Å²) in [6.07, 6.45) is 3.68. The van der Waals surface area contributed by atoms with Gasteiger partial charge in [0, 0.05) is 21.1 Å². The summed E-state index contributed by atoms with van der Waals surface area (Å²) in [4.78, 5) is 2.38. The van der Waals surface area contributed by atoms with Crippen LogP contribution in [-0.2, 0) is 21.1 Å². The molecular formula is C7H14NW-. The predicted molar refractivity (Wildman–Crippen MR) is 35.6 cm³/mol. The van der Waals surface area contributed by atoms with Gasteiger partial charge < -0.3 is 11.3 Å². The molecule has 0 saturated carbocycles. The molecule has 1 saturated heterocycles. The monoisotopic (exact) mass is 296 g/mol. The summed E-state index contributed by atoms with van der Waals surface area (Å²) in [6.45, 7) is 4.78. The van der Waals surface area contributed by atoms with Gasteiger partial charge in [0.1, 0.15) is 0 Å². The van der Waals surface area contributed by atoms with E-state index in [4.69, 9.17) is 0 Å². The van der Waals surface area contributed by atoms with Gasteiger partial charge in [0.2, 0.25) is 0 Å². The first kappa shape index (κ1) is 9.65. The van der Waals surface area contributed by atoms with E-state index < -0.39 is 0 Å². The van der Waals surface area contributed by atoms with Gasteiger partial charge >= 0.3 is 0 Å². The van der Waals surface area contributed by atoms with Crippen molar-refractivity contribution >= 4 is 0 Å². The molecule has 0 amide bonds. The molecule has 1 heterocycles. The van der Waals surface area contributed by atoms with Crippen LogP contribution in [0.3, 0.4) is 0 Å².